The molecule has 0 bridgehead atoms. The second kappa shape index (κ2) is 14.8. The molecule has 2 aliphatic carbocycles. The van der Waals surface area contributed by atoms with Crippen LogP contribution in [0.1, 0.15) is 40.5 Å². The molecule has 0 saturated carbocycles. The van der Waals surface area contributed by atoms with Crippen LogP contribution >= 0.6 is 24.8 Å². The van der Waals surface area contributed by atoms with Gasteiger partial charge in [0, 0.05) is 0 Å². The molecule has 0 aliphatic heterocycles. The van der Waals surface area contributed by atoms with E-state index in [4.69, 9.17) is 0 Å². The predicted octanol–water partition coefficient (Wildman–Crippen LogP) is 6.13. The average Bonchev–Trinajstić information content (AvgIpc) is 2.92. The van der Waals surface area contributed by atoms with Crippen LogP contribution in [0.3, 0.4) is 0 Å². The summed E-state index contributed by atoms with van der Waals surface area (Å²) in [5.41, 5.74) is 5.23. The third-order valence-corrected chi connectivity index (χ3v) is 2.94. The molecule has 0 nitrogen and oxygen atoms in total. The molecule has 114 valence electrons. The first-order valence-corrected chi connectivity index (χ1v) is 6.50. The van der Waals surface area contributed by atoms with Gasteiger partial charge in [-0.2, -0.15) is 23.3 Å². The second-order valence-electron chi connectivity index (χ2n) is 4.33. The molecule has 0 atom stereocenters. The Morgan fingerprint density at radius 2 is 1.14 bits per heavy atom. The normalized spacial score (nSPS) is 15.8. The number of rotatable bonds is 2. The molecule has 2 aliphatic rings. The minimum Gasteiger partial charge on any atom is -0.269 e. The third-order valence-electron chi connectivity index (χ3n) is 2.94. The van der Waals surface area contributed by atoms with Crippen LogP contribution in [0, 0.1) is 12.2 Å². The maximum atomic E-state index is 3.23. The molecule has 21 heavy (non-hydrogen) atoms. The van der Waals surface area contributed by atoms with Crippen LogP contribution < -0.4 is 0 Å². The summed E-state index contributed by atoms with van der Waals surface area (Å²) in [7, 11) is 0. The Hall–Kier alpha value is -0.0969. The van der Waals surface area contributed by atoms with E-state index in [1.165, 1.54) is 22.3 Å². The van der Waals surface area contributed by atoms with Crippen LogP contribution in [0.15, 0.2) is 58.7 Å². The number of hydrogen-bond acceptors (Lipinski definition) is 0. The van der Waals surface area contributed by atoms with Crippen molar-refractivity contribution in [3.63, 3.8) is 0 Å². The van der Waals surface area contributed by atoms with Gasteiger partial charge in [-0.1, -0.05) is 13.8 Å². The third kappa shape index (κ3) is 9.51. The van der Waals surface area contributed by atoms with E-state index < -0.39 is 0 Å². The van der Waals surface area contributed by atoms with Gasteiger partial charge in [-0.25, -0.2) is 11.1 Å². The monoisotopic (exact) mass is 400 g/mol. The Morgan fingerprint density at radius 3 is 1.33 bits per heavy atom. The standard InChI is InChI=1S/2C9H11.2ClH.Zr/c2*1-3-5-9-7-4-6-8(9)2;;;/h2*3,5,7H,4H2,1-2H3;2*1H;/q2*-1;;;+2. The summed E-state index contributed by atoms with van der Waals surface area (Å²) >= 11 is 0. The molecular formula is C18H24Cl2Zr. The molecule has 0 aromatic rings. The summed E-state index contributed by atoms with van der Waals surface area (Å²) in [6.45, 7) is 8.26. The van der Waals surface area contributed by atoms with Crippen molar-refractivity contribution in [2.75, 3.05) is 0 Å². The molecule has 0 heterocycles. The Kier molecular flexibility index (Phi) is 18.2. The zero-order chi connectivity index (χ0) is 13.4. The van der Waals surface area contributed by atoms with E-state index in [0.717, 1.165) is 12.8 Å². The Bertz CT molecular complexity index is 420. The fraction of sp³-hybridized carbons (Fsp3) is 0.333. The molecule has 0 unspecified atom stereocenters. The van der Waals surface area contributed by atoms with Crippen molar-refractivity contribution in [1.82, 2.24) is 0 Å². The van der Waals surface area contributed by atoms with Gasteiger partial charge in [-0.15, -0.1) is 62.0 Å². The number of allylic oxidation sites excluding steroid dienone is 12. The zero-order valence-corrected chi connectivity index (χ0v) is 17.3. The average molecular weight is 403 g/mol. The summed E-state index contributed by atoms with van der Waals surface area (Å²) in [4.78, 5) is 0. The first kappa shape index (κ1) is 25.8. The Labute approximate surface area is 161 Å². The van der Waals surface area contributed by atoms with Crippen LogP contribution in [0.2, 0.25) is 0 Å². The molecule has 0 saturated heterocycles. The molecule has 0 aromatic carbocycles. The van der Waals surface area contributed by atoms with E-state index in [-0.39, 0.29) is 51.0 Å². The maximum absolute atomic E-state index is 3.23. The molecular weight excluding hydrogens is 378 g/mol. The maximum Gasteiger partial charge on any atom is 2.00 e. The number of hydrogen-bond donors (Lipinski definition) is 0. The molecule has 0 spiro atoms. The Morgan fingerprint density at radius 1 is 0.810 bits per heavy atom. The van der Waals surface area contributed by atoms with E-state index in [0.29, 0.717) is 0 Å². The van der Waals surface area contributed by atoms with Crippen molar-refractivity contribution in [3.05, 3.63) is 70.9 Å². The predicted molar refractivity (Wildman–Crippen MR) is 94.4 cm³/mol. The molecule has 0 aromatic heterocycles. The van der Waals surface area contributed by atoms with E-state index in [1.54, 1.807) is 0 Å². The molecule has 0 radical (unpaired) electrons. The van der Waals surface area contributed by atoms with Crippen molar-refractivity contribution >= 4 is 24.8 Å². The summed E-state index contributed by atoms with van der Waals surface area (Å²) in [5, 5.41) is 0. The minimum absolute atomic E-state index is 0. The van der Waals surface area contributed by atoms with Crippen LogP contribution in [0.25, 0.3) is 0 Å². The topological polar surface area (TPSA) is 0 Å². The van der Waals surface area contributed by atoms with Crippen molar-refractivity contribution < 1.29 is 26.2 Å². The molecule has 0 N–H and O–H groups in total. The van der Waals surface area contributed by atoms with Crippen LogP contribution in [0.5, 0.6) is 0 Å². The Balaban J connectivity index is -0.000000270. The fourth-order valence-electron chi connectivity index (χ4n) is 1.88. The quantitative estimate of drug-likeness (QED) is 0.488. The SMILES string of the molecule is CC=CC1=CC[C-]=C1C.CC=CC1=CC[C-]=C1C.Cl.Cl.[Zr+2]. The van der Waals surface area contributed by atoms with Crippen molar-refractivity contribution in [2.24, 2.45) is 0 Å². The second-order valence-corrected chi connectivity index (χ2v) is 4.33. The van der Waals surface area contributed by atoms with Gasteiger partial charge >= 0.3 is 26.2 Å². The van der Waals surface area contributed by atoms with Crippen LogP contribution in [0.4, 0.5) is 0 Å². The van der Waals surface area contributed by atoms with Crippen LogP contribution in [-0.2, 0) is 26.2 Å². The first-order valence-electron chi connectivity index (χ1n) is 6.50. The largest absolute Gasteiger partial charge is 2.00 e. The van der Waals surface area contributed by atoms with Gasteiger partial charge in [0.1, 0.15) is 0 Å². The molecule has 3 heteroatoms. The van der Waals surface area contributed by atoms with E-state index in [1.807, 2.05) is 13.8 Å². The van der Waals surface area contributed by atoms with Gasteiger partial charge in [0.15, 0.2) is 0 Å². The minimum atomic E-state index is 0. The summed E-state index contributed by atoms with van der Waals surface area (Å²) in [6.07, 6.45) is 21.2. The van der Waals surface area contributed by atoms with E-state index in [9.17, 15) is 0 Å². The van der Waals surface area contributed by atoms with Crippen LogP contribution in [-0.4, -0.2) is 0 Å². The van der Waals surface area contributed by atoms with Crippen molar-refractivity contribution in [1.29, 1.82) is 0 Å². The van der Waals surface area contributed by atoms with Gasteiger partial charge in [0.25, 0.3) is 0 Å². The molecule has 0 amide bonds. The van der Waals surface area contributed by atoms with Gasteiger partial charge in [-0.3, -0.25) is 12.2 Å². The van der Waals surface area contributed by atoms with Crippen molar-refractivity contribution in [3.8, 4) is 0 Å². The van der Waals surface area contributed by atoms with Gasteiger partial charge < -0.3 is 0 Å². The fourth-order valence-corrected chi connectivity index (χ4v) is 1.88. The molecule has 0 fully saturated rings. The smallest absolute Gasteiger partial charge is 0.269 e. The van der Waals surface area contributed by atoms with Crippen molar-refractivity contribution in [2.45, 2.75) is 40.5 Å². The zero-order valence-electron chi connectivity index (χ0n) is 13.2. The van der Waals surface area contributed by atoms with Gasteiger partial charge in [0.2, 0.25) is 0 Å². The van der Waals surface area contributed by atoms with E-state index in [2.05, 4.69) is 62.5 Å². The number of halogens is 2. The van der Waals surface area contributed by atoms with Gasteiger partial charge in [-0.05, 0) is 13.8 Å². The summed E-state index contributed by atoms with van der Waals surface area (Å²) < 4.78 is 0. The molecule has 2 rings (SSSR count). The van der Waals surface area contributed by atoms with E-state index >= 15 is 0 Å². The van der Waals surface area contributed by atoms with Gasteiger partial charge in [0.05, 0.1) is 0 Å². The first-order chi connectivity index (χ1) is 8.69. The summed E-state index contributed by atoms with van der Waals surface area (Å²) in [5.74, 6) is 0. The summed E-state index contributed by atoms with van der Waals surface area (Å²) in [6, 6.07) is 0.